The number of hydrogen-bond acceptors (Lipinski definition) is 7. The number of benzene rings is 3. The lowest BCUT2D eigenvalue weighted by Crippen LogP contribution is -2.49. The van der Waals surface area contributed by atoms with E-state index in [1.54, 1.807) is 36.4 Å². The molecule has 4 aromatic rings. The summed E-state index contributed by atoms with van der Waals surface area (Å²) >= 11 is 0. The van der Waals surface area contributed by atoms with E-state index < -0.39 is 6.10 Å². The van der Waals surface area contributed by atoms with E-state index in [0.29, 0.717) is 47.8 Å². The summed E-state index contributed by atoms with van der Waals surface area (Å²) in [7, 11) is 0. The van der Waals surface area contributed by atoms with Crippen molar-refractivity contribution in [3.8, 4) is 17.2 Å². The van der Waals surface area contributed by atoms with Gasteiger partial charge >= 0.3 is 0 Å². The highest BCUT2D eigenvalue weighted by Crippen LogP contribution is 2.25. The summed E-state index contributed by atoms with van der Waals surface area (Å²) in [4.78, 5) is 17.0. The van der Waals surface area contributed by atoms with Gasteiger partial charge in [-0.2, -0.15) is 0 Å². The number of aryl methyl sites for hydroxylation is 1. The number of aliphatic hydroxyl groups is 1. The molecule has 3 aromatic carbocycles. The Morgan fingerprint density at radius 3 is 2.59 bits per heavy atom. The number of rotatable bonds is 8. The fourth-order valence-electron chi connectivity index (χ4n) is 4.48. The Kier molecular flexibility index (Phi) is 7.39. The van der Waals surface area contributed by atoms with Crippen molar-refractivity contribution in [2.45, 2.75) is 13.0 Å². The number of β-amino-alcohol motifs (C(OH)–C–C–N with tert-alkyl or cyclic N) is 1. The van der Waals surface area contributed by atoms with Gasteiger partial charge < -0.3 is 23.9 Å². The number of hydrogen-bond donors (Lipinski definition) is 1. The van der Waals surface area contributed by atoms with Gasteiger partial charge in [0.1, 0.15) is 41.9 Å². The molecule has 192 valence electrons. The molecule has 0 spiro atoms. The second-order valence-electron chi connectivity index (χ2n) is 9.21. The molecule has 2 heterocycles. The van der Waals surface area contributed by atoms with Crippen LogP contribution in [-0.4, -0.2) is 55.4 Å². The molecule has 0 saturated carbocycles. The first kappa shape index (κ1) is 24.8. The van der Waals surface area contributed by atoms with Crippen LogP contribution in [0.15, 0.2) is 82.2 Å². The van der Waals surface area contributed by atoms with Crippen LogP contribution in [0.4, 0.5) is 10.1 Å². The smallest absolute Gasteiger partial charge is 0.235 e. The lowest BCUT2D eigenvalue weighted by Gasteiger charge is -2.36. The molecule has 0 amide bonds. The number of fused-ring (bicyclic) bond motifs is 1. The molecule has 1 aromatic heterocycles. The third kappa shape index (κ3) is 5.93. The van der Waals surface area contributed by atoms with Crippen LogP contribution >= 0.6 is 0 Å². The first-order valence-corrected chi connectivity index (χ1v) is 12.3. The first-order chi connectivity index (χ1) is 18.0. The molecule has 1 N–H and O–H groups in total. The van der Waals surface area contributed by atoms with E-state index in [9.17, 15) is 14.3 Å². The minimum Gasteiger partial charge on any atom is -0.491 e. The molecule has 37 heavy (non-hydrogen) atoms. The van der Waals surface area contributed by atoms with E-state index in [1.807, 2.05) is 36.1 Å². The summed E-state index contributed by atoms with van der Waals surface area (Å²) < 4.78 is 31.2. The second-order valence-corrected chi connectivity index (χ2v) is 9.21. The van der Waals surface area contributed by atoms with E-state index in [-0.39, 0.29) is 23.6 Å². The predicted molar refractivity (Wildman–Crippen MR) is 140 cm³/mol. The Labute approximate surface area is 214 Å². The lowest BCUT2D eigenvalue weighted by molar-refractivity contribution is 0.0663. The standard InChI is InChI=1S/C29H29FN2O5/c1-20-5-4-6-23(15-20)37-28-19-36-27-16-22(9-10-24(27)29(28)34)35-18-21(33)17-31-11-13-32(14-12-31)26-8-3-2-7-25(26)30/h2-10,15-16,19,21,33H,11-14,17-18H2,1H3. The topological polar surface area (TPSA) is 75.4 Å². The number of para-hydroxylation sites is 1. The van der Waals surface area contributed by atoms with Crippen molar-refractivity contribution in [1.29, 1.82) is 0 Å². The van der Waals surface area contributed by atoms with Crippen molar-refractivity contribution in [2.24, 2.45) is 0 Å². The van der Waals surface area contributed by atoms with E-state index in [2.05, 4.69) is 4.90 Å². The van der Waals surface area contributed by atoms with Crippen LogP contribution in [-0.2, 0) is 0 Å². The number of anilines is 1. The highest BCUT2D eigenvalue weighted by molar-refractivity contribution is 5.79. The Morgan fingerprint density at radius 1 is 1.00 bits per heavy atom. The zero-order chi connectivity index (χ0) is 25.8. The maximum Gasteiger partial charge on any atom is 0.235 e. The van der Waals surface area contributed by atoms with Gasteiger partial charge in [-0.1, -0.05) is 24.3 Å². The SMILES string of the molecule is Cc1cccc(Oc2coc3cc(OCC(O)CN4CCN(c5ccccc5F)CC4)ccc3c2=O)c1. The van der Waals surface area contributed by atoms with Gasteiger partial charge in [-0.25, -0.2) is 4.39 Å². The van der Waals surface area contributed by atoms with Crippen LogP contribution in [0.2, 0.25) is 0 Å². The summed E-state index contributed by atoms with van der Waals surface area (Å²) in [6, 6.07) is 19.2. The molecular formula is C29H29FN2O5. The fraction of sp³-hybridized carbons (Fsp3) is 0.276. The van der Waals surface area contributed by atoms with Crippen molar-refractivity contribution in [3.63, 3.8) is 0 Å². The lowest BCUT2D eigenvalue weighted by atomic mass is 10.2. The van der Waals surface area contributed by atoms with Crippen molar-refractivity contribution in [2.75, 3.05) is 44.2 Å². The molecule has 0 radical (unpaired) electrons. The minimum atomic E-state index is -0.701. The highest BCUT2D eigenvalue weighted by Gasteiger charge is 2.21. The average molecular weight is 505 g/mol. The summed E-state index contributed by atoms with van der Waals surface area (Å²) in [5.41, 5.74) is 1.74. The van der Waals surface area contributed by atoms with Gasteiger partial charge in [0, 0.05) is 38.8 Å². The molecule has 8 heteroatoms. The Hall–Kier alpha value is -3.88. The summed E-state index contributed by atoms with van der Waals surface area (Å²) in [5, 5.41) is 10.9. The molecular weight excluding hydrogens is 475 g/mol. The van der Waals surface area contributed by atoms with Crippen molar-refractivity contribution in [3.05, 3.63) is 94.6 Å². The zero-order valence-electron chi connectivity index (χ0n) is 20.6. The zero-order valence-corrected chi connectivity index (χ0v) is 20.6. The van der Waals surface area contributed by atoms with Crippen molar-refractivity contribution >= 4 is 16.7 Å². The van der Waals surface area contributed by atoms with Crippen molar-refractivity contribution < 1.29 is 23.4 Å². The predicted octanol–water partition coefficient (Wildman–Crippen LogP) is 4.59. The van der Waals surface area contributed by atoms with Gasteiger partial charge in [0.25, 0.3) is 0 Å². The van der Waals surface area contributed by atoms with Gasteiger partial charge in [0.15, 0.2) is 0 Å². The number of aliphatic hydroxyl groups excluding tert-OH is 1. The first-order valence-electron chi connectivity index (χ1n) is 12.3. The van der Waals surface area contributed by atoms with Crippen LogP contribution in [0.5, 0.6) is 17.2 Å². The molecule has 1 unspecified atom stereocenters. The molecule has 0 aliphatic carbocycles. The maximum atomic E-state index is 14.0. The average Bonchev–Trinajstić information content (AvgIpc) is 2.90. The number of halogens is 1. The third-order valence-corrected chi connectivity index (χ3v) is 6.41. The third-order valence-electron chi connectivity index (χ3n) is 6.41. The van der Waals surface area contributed by atoms with Crippen LogP contribution in [0.3, 0.4) is 0 Å². The number of nitrogens with zero attached hydrogens (tertiary/aromatic N) is 2. The van der Waals surface area contributed by atoms with Gasteiger partial charge in [0.05, 0.1) is 11.1 Å². The molecule has 7 nitrogen and oxygen atoms in total. The van der Waals surface area contributed by atoms with Gasteiger partial charge in [-0.05, 0) is 48.9 Å². The van der Waals surface area contributed by atoms with Crippen LogP contribution in [0, 0.1) is 12.7 Å². The highest BCUT2D eigenvalue weighted by atomic mass is 19.1. The molecule has 0 bridgehead atoms. The molecule has 5 rings (SSSR count). The maximum absolute atomic E-state index is 14.0. The van der Waals surface area contributed by atoms with Crippen LogP contribution in [0.25, 0.3) is 11.0 Å². The van der Waals surface area contributed by atoms with Crippen LogP contribution < -0.4 is 19.8 Å². The molecule has 1 aliphatic rings. The normalized spacial score (nSPS) is 15.1. The van der Waals surface area contributed by atoms with Gasteiger partial charge in [-0.15, -0.1) is 0 Å². The van der Waals surface area contributed by atoms with Gasteiger partial charge in [0.2, 0.25) is 11.2 Å². The Balaban J connectivity index is 1.15. The van der Waals surface area contributed by atoms with Crippen molar-refractivity contribution in [1.82, 2.24) is 4.90 Å². The summed E-state index contributed by atoms with van der Waals surface area (Å²) in [5.74, 6) is 0.948. The summed E-state index contributed by atoms with van der Waals surface area (Å²) in [6.07, 6.45) is 0.597. The second kappa shape index (κ2) is 11.0. The van der Waals surface area contributed by atoms with E-state index in [4.69, 9.17) is 13.9 Å². The van der Waals surface area contributed by atoms with Gasteiger partial charge in [-0.3, -0.25) is 9.69 Å². The number of piperazine rings is 1. The quantitative estimate of drug-likeness (QED) is 0.376. The van der Waals surface area contributed by atoms with E-state index in [0.717, 1.165) is 18.7 Å². The molecule has 1 aliphatic heterocycles. The largest absolute Gasteiger partial charge is 0.491 e. The molecule has 1 saturated heterocycles. The Bertz CT molecular complexity index is 1430. The summed E-state index contributed by atoms with van der Waals surface area (Å²) in [6.45, 7) is 5.31. The minimum absolute atomic E-state index is 0.0951. The monoisotopic (exact) mass is 504 g/mol. The molecule has 1 atom stereocenters. The van der Waals surface area contributed by atoms with E-state index >= 15 is 0 Å². The Morgan fingerprint density at radius 2 is 1.81 bits per heavy atom. The van der Waals surface area contributed by atoms with E-state index in [1.165, 1.54) is 12.3 Å². The molecule has 1 fully saturated rings. The number of ether oxygens (including phenoxy) is 2. The van der Waals surface area contributed by atoms with Crippen LogP contribution in [0.1, 0.15) is 5.56 Å². The fourth-order valence-corrected chi connectivity index (χ4v) is 4.48.